The zero-order chi connectivity index (χ0) is 6.15. The standard InChI is InChI=1S/C5H10N2S/c1-3-5(6)8-4(2)7-3/h3,5H,6H2,1-2H3. The summed E-state index contributed by atoms with van der Waals surface area (Å²) >= 11 is 1.66. The van der Waals surface area contributed by atoms with Crippen LogP contribution in [0, 0.1) is 0 Å². The van der Waals surface area contributed by atoms with Gasteiger partial charge in [-0.3, -0.25) is 4.99 Å². The van der Waals surface area contributed by atoms with E-state index in [1.165, 1.54) is 0 Å². The first-order valence-corrected chi connectivity index (χ1v) is 3.55. The number of aliphatic imine (C=N–C) groups is 1. The predicted octanol–water partition coefficient (Wildman–Crippen LogP) is 0.825. The fourth-order valence-corrected chi connectivity index (χ4v) is 1.56. The molecule has 0 aromatic heterocycles. The molecule has 2 nitrogen and oxygen atoms in total. The Bertz CT molecular complexity index is 122. The van der Waals surface area contributed by atoms with E-state index in [-0.39, 0.29) is 5.37 Å². The van der Waals surface area contributed by atoms with E-state index < -0.39 is 0 Å². The molecule has 0 aromatic rings. The van der Waals surface area contributed by atoms with Crippen LogP contribution < -0.4 is 5.73 Å². The van der Waals surface area contributed by atoms with E-state index in [9.17, 15) is 0 Å². The molecule has 0 bridgehead atoms. The summed E-state index contributed by atoms with van der Waals surface area (Å²) in [5.74, 6) is 0. The quantitative estimate of drug-likeness (QED) is 0.527. The number of nitrogens with two attached hydrogens (primary N) is 1. The number of hydrogen-bond donors (Lipinski definition) is 1. The van der Waals surface area contributed by atoms with Gasteiger partial charge in [0.15, 0.2) is 0 Å². The molecule has 2 atom stereocenters. The first-order valence-electron chi connectivity index (χ1n) is 2.67. The van der Waals surface area contributed by atoms with Gasteiger partial charge in [0.2, 0.25) is 0 Å². The summed E-state index contributed by atoms with van der Waals surface area (Å²) in [5.41, 5.74) is 5.62. The molecule has 0 fully saturated rings. The maximum absolute atomic E-state index is 5.62. The molecule has 1 heterocycles. The number of rotatable bonds is 0. The van der Waals surface area contributed by atoms with Crippen LogP contribution in [0.4, 0.5) is 0 Å². The average Bonchev–Trinajstić information content (AvgIpc) is 1.85. The minimum atomic E-state index is 0.204. The third kappa shape index (κ3) is 1.03. The van der Waals surface area contributed by atoms with Gasteiger partial charge in [0.1, 0.15) is 0 Å². The van der Waals surface area contributed by atoms with E-state index in [0.29, 0.717) is 6.04 Å². The molecule has 0 amide bonds. The number of thioether (sulfide) groups is 1. The molecule has 3 heteroatoms. The second kappa shape index (κ2) is 2.07. The predicted molar refractivity (Wildman–Crippen MR) is 38.1 cm³/mol. The molecule has 1 aliphatic rings. The van der Waals surface area contributed by atoms with E-state index in [1.54, 1.807) is 11.8 Å². The Hall–Kier alpha value is -0.0200. The fourth-order valence-electron chi connectivity index (χ4n) is 0.686. The van der Waals surface area contributed by atoms with Gasteiger partial charge >= 0.3 is 0 Å². The molecule has 0 aliphatic carbocycles. The third-order valence-corrected chi connectivity index (χ3v) is 2.28. The van der Waals surface area contributed by atoms with Crippen molar-refractivity contribution in [1.82, 2.24) is 0 Å². The molecule has 1 aliphatic heterocycles. The Labute approximate surface area is 53.6 Å². The second-order valence-corrected chi connectivity index (χ2v) is 3.34. The van der Waals surface area contributed by atoms with Crippen molar-refractivity contribution in [3.8, 4) is 0 Å². The average molecular weight is 130 g/mol. The van der Waals surface area contributed by atoms with Crippen molar-refractivity contribution in [1.29, 1.82) is 0 Å². The van der Waals surface area contributed by atoms with Crippen LogP contribution in [0.1, 0.15) is 13.8 Å². The molecule has 0 radical (unpaired) electrons. The van der Waals surface area contributed by atoms with E-state index in [4.69, 9.17) is 5.73 Å². The monoisotopic (exact) mass is 130 g/mol. The van der Waals surface area contributed by atoms with E-state index in [1.807, 2.05) is 13.8 Å². The molecule has 0 saturated heterocycles. The van der Waals surface area contributed by atoms with Gasteiger partial charge in [-0.1, -0.05) is 11.8 Å². The molecule has 8 heavy (non-hydrogen) atoms. The van der Waals surface area contributed by atoms with Gasteiger partial charge in [-0.25, -0.2) is 0 Å². The Balaban J connectivity index is 2.56. The first-order chi connectivity index (χ1) is 3.70. The fraction of sp³-hybridized carbons (Fsp3) is 0.800. The van der Waals surface area contributed by atoms with Crippen molar-refractivity contribution in [2.45, 2.75) is 25.3 Å². The molecule has 46 valence electrons. The largest absolute Gasteiger partial charge is 0.317 e. The molecule has 0 saturated carbocycles. The highest BCUT2D eigenvalue weighted by Gasteiger charge is 2.19. The maximum Gasteiger partial charge on any atom is 0.0790 e. The molecule has 0 aromatic carbocycles. The summed E-state index contributed by atoms with van der Waals surface area (Å²) in [6, 6.07) is 0.319. The van der Waals surface area contributed by atoms with Crippen molar-refractivity contribution in [2.75, 3.05) is 0 Å². The molecular formula is C5H10N2S. The number of nitrogens with zero attached hydrogens (tertiary/aromatic N) is 1. The molecule has 2 unspecified atom stereocenters. The van der Waals surface area contributed by atoms with E-state index in [0.717, 1.165) is 5.04 Å². The van der Waals surface area contributed by atoms with E-state index >= 15 is 0 Å². The van der Waals surface area contributed by atoms with Crippen molar-refractivity contribution in [2.24, 2.45) is 10.7 Å². The summed E-state index contributed by atoms with van der Waals surface area (Å²) in [7, 11) is 0. The minimum Gasteiger partial charge on any atom is -0.317 e. The minimum absolute atomic E-state index is 0.204. The van der Waals surface area contributed by atoms with Crippen LogP contribution in [0.3, 0.4) is 0 Å². The summed E-state index contributed by atoms with van der Waals surface area (Å²) in [6.07, 6.45) is 0. The Morgan fingerprint density at radius 3 is 2.50 bits per heavy atom. The van der Waals surface area contributed by atoms with Gasteiger partial charge in [-0.05, 0) is 13.8 Å². The van der Waals surface area contributed by atoms with Crippen LogP contribution in [0.15, 0.2) is 4.99 Å². The SMILES string of the molecule is CC1=NC(C)C(N)S1. The second-order valence-electron chi connectivity index (χ2n) is 1.97. The highest BCUT2D eigenvalue weighted by molar-refractivity contribution is 8.14. The third-order valence-electron chi connectivity index (χ3n) is 1.17. The summed E-state index contributed by atoms with van der Waals surface area (Å²) in [4.78, 5) is 4.22. The van der Waals surface area contributed by atoms with Gasteiger partial charge in [0, 0.05) is 0 Å². The highest BCUT2D eigenvalue weighted by atomic mass is 32.2. The van der Waals surface area contributed by atoms with Crippen molar-refractivity contribution in [3.05, 3.63) is 0 Å². The van der Waals surface area contributed by atoms with Gasteiger partial charge in [0.05, 0.1) is 16.5 Å². The van der Waals surface area contributed by atoms with E-state index in [2.05, 4.69) is 4.99 Å². The van der Waals surface area contributed by atoms with Crippen LogP contribution >= 0.6 is 11.8 Å². The summed E-state index contributed by atoms with van der Waals surface area (Å²) in [6.45, 7) is 4.03. The van der Waals surface area contributed by atoms with Crippen LogP contribution in [-0.4, -0.2) is 16.5 Å². The first kappa shape index (κ1) is 6.11. The Morgan fingerprint density at radius 1 is 1.75 bits per heavy atom. The van der Waals surface area contributed by atoms with Crippen LogP contribution in [0.5, 0.6) is 0 Å². The molecular weight excluding hydrogens is 120 g/mol. The van der Waals surface area contributed by atoms with Gasteiger partial charge in [0.25, 0.3) is 0 Å². The normalized spacial score (nSPS) is 37.6. The number of hydrogen-bond acceptors (Lipinski definition) is 3. The molecule has 0 spiro atoms. The van der Waals surface area contributed by atoms with Gasteiger partial charge < -0.3 is 5.73 Å². The Morgan fingerprint density at radius 2 is 2.38 bits per heavy atom. The lowest BCUT2D eigenvalue weighted by Crippen LogP contribution is -2.23. The lowest BCUT2D eigenvalue weighted by Gasteiger charge is -2.02. The zero-order valence-electron chi connectivity index (χ0n) is 5.09. The van der Waals surface area contributed by atoms with Crippen molar-refractivity contribution >= 4 is 16.8 Å². The van der Waals surface area contributed by atoms with Gasteiger partial charge in [-0.2, -0.15) is 0 Å². The maximum atomic E-state index is 5.62. The van der Waals surface area contributed by atoms with Gasteiger partial charge in [-0.15, -0.1) is 0 Å². The van der Waals surface area contributed by atoms with Crippen LogP contribution in [0.2, 0.25) is 0 Å². The van der Waals surface area contributed by atoms with Crippen molar-refractivity contribution < 1.29 is 0 Å². The highest BCUT2D eigenvalue weighted by Crippen LogP contribution is 2.21. The molecule has 2 N–H and O–H groups in total. The van der Waals surface area contributed by atoms with Crippen molar-refractivity contribution in [3.63, 3.8) is 0 Å². The van der Waals surface area contributed by atoms with Crippen LogP contribution in [-0.2, 0) is 0 Å². The Kier molecular flexibility index (Phi) is 1.58. The summed E-state index contributed by atoms with van der Waals surface area (Å²) < 4.78 is 0. The summed E-state index contributed by atoms with van der Waals surface area (Å²) in [5, 5.41) is 1.32. The smallest absolute Gasteiger partial charge is 0.0790 e. The lowest BCUT2D eigenvalue weighted by atomic mass is 10.4. The molecule has 1 rings (SSSR count). The zero-order valence-corrected chi connectivity index (χ0v) is 5.90. The topological polar surface area (TPSA) is 38.4 Å². The lowest BCUT2D eigenvalue weighted by molar-refractivity contribution is 0.727. The van der Waals surface area contributed by atoms with Crippen LogP contribution in [0.25, 0.3) is 0 Å².